The largest absolute Gasteiger partial charge is 0.493 e. The zero-order chi connectivity index (χ0) is 17.8. The SMILES string of the molecule is CCCNC(=O)CCNC(=NC)Nc1ccc(OC)c(OCC)c1.I. The van der Waals surface area contributed by atoms with Crippen molar-refractivity contribution in [1.29, 1.82) is 0 Å². The van der Waals surface area contributed by atoms with Crippen molar-refractivity contribution in [2.75, 3.05) is 39.2 Å². The highest BCUT2D eigenvalue weighted by Gasteiger charge is 2.07. The first-order chi connectivity index (χ1) is 11.6. The fraction of sp³-hybridized carbons (Fsp3) is 0.529. The van der Waals surface area contributed by atoms with E-state index in [1.165, 1.54) is 0 Å². The van der Waals surface area contributed by atoms with Gasteiger partial charge in [-0.05, 0) is 25.5 Å². The van der Waals surface area contributed by atoms with Crippen LogP contribution in [0.2, 0.25) is 0 Å². The minimum absolute atomic E-state index is 0. The number of halogens is 1. The normalized spacial score (nSPS) is 10.5. The molecule has 1 aromatic carbocycles. The predicted molar refractivity (Wildman–Crippen MR) is 112 cm³/mol. The molecular weight excluding hydrogens is 435 g/mol. The number of methoxy groups -OCH3 is 1. The molecule has 1 amide bonds. The molecule has 1 aromatic rings. The highest BCUT2D eigenvalue weighted by atomic mass is 127. The summed E-state index contributed by atoms with van der Waals surface area (Å²) in [6, 6.07) is 5.56. The van der Waals surface area contributed by atoms with Crippen LogP contribution in [-0.2, 0) is 4.79 Å². The average molecular weight is 464 g/mol. The zero-order valence-electron chi connectivity index (χ0n) is 15.3. The van der Waals surface area contributed by atoms with E-state index in [0.29, 0.717) is 43.6 Å². The van der Waals surface area contributed by atoms with Crippen LogP contribution in [0, 0.1) is 0 Å². The number of anilines is 1. The number of benzene rings is 1. The molecule has 25 heavy (non-hydrogen) atoms. The van der Waals surface area contributed by atoms with Crippen molar-refractivity contribution in [2.45, 2.75) is 26.7 Å². The summed E-state index contributed by atoms with van der Waals surface area (Å²) in [5.41, 5.74) is 0.822. The van der Waals surface area contributed by atoms with Gasteiger partial charge in [0.2, 0.25) is 5.91 Å². The number of carbonyl (C=O) groups is 1. The third-order valence-corrected chi connectivity index (χ3v) is 3.17. The number of aliphatic imine (C=N–C) groups is 1. The molecular formula is C17H29IN4O3. The summed E-state index contributed by atoms with van der Waals surface area (Å²) >= 11 is 0. The molecule has 0 fully saturated rings. The van der Waals surface area contributed by atoms with Gasteiger partial charge in [-0.2, -0.15) is 0 Å². The lowest BCUT2D eigenvalue weighted by Gasteiger charge is -2.14. The van der Waals surface area contributed by atoms with Gasteiger partial charge in [0.25, 0.3) is 0 Å². The number of carbonyl (C=O) groups excluding carboxylic acids is 1. The van der Waals surface area contributed by atoms with Gasteiger partial charge in [-0.25, -0.2) is 0 Å². The maximum atomic E-state index is 11.6. The van der Waals surface area contributed by atoms with E-state index in [2.05, 4.69) is 20.9 Å². The molecule has 1 rings (SSSR count). The van der Waals surface area contributed by atoms with Gasteiger partial charge in [-0.3, -0.25) is 9.79 Å². The van der Waals surface area contributed by atoms with E-state index in [9.17, 15) is 4.79 Å². The number of nitrogens with zero attached hydrogens (tertiary/aromatic N) is 1. The molecule has 8 heteroatoms. The first-order valence-electron chi connectivity index (χ1n) is 8.19. The number of guanidine groups is 1. The van der Waals surface area contributed by atoms with E-state index < -0.39 is 0 Å². The van der Waals surface area contributed by atoms with Crippen molar-refractivity contribution < 1.29 is 14.3 Å². The Bertz CT molecular complexity index is 553. The molecule has 0 aliphatic rings. The molecule has 7 nitrogen and oxygen atoms in total. The molecule has 0 aliphatic carbocycles. The second-order valence-corrected chi connectivity index (χ2v) is 5.02. The minimum atomic E-state index is 0. The van der Waals surface area contributed by atoms with Crippen molar-refractivity contribution in [3.63, 3.8) is 0 Å². The fourth-order valence-electron chi connectivity index (χ4n) is 1.99. The summed E-state index contributed by atoms with van der Waals surface area (Å²) in [6.07, 6.45) is 1.33. The van der Waals surface area contributed by atoms with Crippen molar-refractivity contribution in [1.82, 2.24) is 10.6 Å². The van der Waals surface area contributed by atoms with E-state index in [4.69, 9.17) is 9.47 Å². The molecule has 142 valence electrons. The van der Waals surface area contributed by atoms with Crippen LogP contribution in [0.1, 0.15) is 26.7 Å². The Morgan fingerprint density at radius 3 is 2.52 bits per heavy atom. The molecule has 0 spiro atoms. The van der Waals surface area contributed by atoms with Gasteiger partial charge in [0, 0.05) is 38.3 Å². The quantitative estimate of drug-likeness (QED) is 0.297. The molecule has 0 bridgehead atoms. The van der Waals surface area contributed by atoms with Crippen LogP contribution in [0.25, 0.3) is 0 Å². The third-order valence-electron chi connectivity index (χ3n) is 3.17. The molecule has 0 saturated carbocycles. The maximum Gasteiger partial charge on any atom is 0.221 e. The second kappa shape index (κ2) is 13.6. The molecule has 0 aliphatic heterocycles. The van der Waals surface area contributed by atoms with Crippen LogP contribution >= 0.6 is 24.0 Å². The van der Waals surface area contributed by atoms with Crippen molar-refractivity contribution in [3.05, 3.63) is 18.2 Å². The summed E-state index contributed by atoms with van der Waals surface area (Å²) < 4.78 is 10.8. The number of ether oxygens (including phenoxy) is 2. The summed E-state index contributed by atoms with van der Waals surface area (Å²) in [5.74, 6) is 1.96. The number of rotatable bonds is 9. The summed E-state index contributed by atoms with van der Waals surface area (Å²) in [4.78, 5) is 15.7. The van der Waals surface area contributed by atoms with Crippen LogP contribution in [0.15, 0.2) is 23.2 Å². The van der Waals surface area contributed by atoms with Crippen molar-refractivity contribution in [2.24, 2.45) is 4.99 Å². The van der Waals surface area contributed by atoms with E-state index in [-0.39, 0.29) is 29.9 Å². The molecule has 0 aromatic heterocycles. The number of nitrogens with one attached hydrogen (secondary N) is 3. The van der Waals surface area contributed by atoms with E-state index >= 15 is 0 Å². The molecule has 0 heterocycles. The molecule has 3 N–H and O–H groups in total. The Kier molecular flexibility index (Phi) is 12.6. The van der Waals surface area contributed by atoms with E-state index in [1.807, 2.05) is 32.0 Å². The van der Waals surface area contributed by atoms with Crippen LogP contribution in [0.4, 0.5) is 5.69 Å². The zero-order valence-corrected chi connectivity index (χ0v) is 17.7. The monoisotopic (exact) mass is 464 g/mol. The maximum absolute atomic E-state index is 11.6. The van der Waals surface area contributed by atoms with Gasteiger partial charge in [-0.15, -0.1) is 24.0 Å². The van der Waals surface area contributed by atoms with Gasteiger partial charge in [0.15, 0.2) is 17.5 Å². The topological polar surface area (TPSA) is 84.0 Å². The van der Waals surface area contributed by atoms with Crippen molar-refractivity contribution >= 4 is 41.5 Å². The van der Waals surface area contributed by atoms with Crippen LogP contribution in [0.5, 0.6) is 11.5 Å². The predicted octanol–water partition coefficient (Wildman–Crippen LogP) is 2.62. The van der Waals surface area contributed by atoms with Gasteiger partial charge in [-0.1, -0.05) is 6.92 Å². The molecule has 0 atom stereocenters. The Hall–Kier alpha value is -1.71. The Balaban J connectivity index is 0.00000576. The lowest BCUT2D eigenvalue weighted by atomic mass is 10.2. The highest BCUT2D eigenvalue weighted by Crippen LogP contribution is 2.30. The van der Waals surface area contributed by atoms with Gasteiger partial charge < -0.3 is 25.4 Å². The summed E-state index contributed by atoms with van der Waals surface area (Å²) in [6.45, 7) is 5.71. The van der Waals surface area contributed by atoms with Gasteiger partial charge >= 0.3 is 0 Å². The van der Waals surface area contributed by atoms with E-state index in [0.717, 1.165) is 12.1 Å². The van der Waals surface area contributed by atoms with Gasteiger partial charge in [0.05, 0.1) is 13.7 Å². The van der Waals surface area contributed by atoms with Crippen LogP contribution in [0.3, 0.4) is 0 Å². The molecule has 0 unspecified atom stereocenters. The molecule has 0 radical (unpaired) electrons. The highest BCUT2D eigenvalue weighted by molar-refractivity contribution is 14.0. The Morgan fingerprint density at radius 1 is 1.16 bits per heavy atom. The first-order valence-corrected chi connectivity index (χ1v) is 8.19. The average Bonchev–Trinajstić information content (AvgIpc) is 2.59. The smallest absolute Gasteiger partial charge is 0.221 e. The lowest BCUT2D eigenvalue weighted by Crippen LogP contribution is -2.34. The Labute approximate surface area is 167 Å². The number of amides is 1. The van der Waals surface area contributed by atoms with Crippen LogP contribution < -0.4 is 25.4 Å². The van der Waals surface area contributed by atoms with Crippen molar-refractivity contribution in [3.8, 4) is 11.5 Å². The minimum Gasteiger partial charge on any atom is -0.493 e. The summed E-state index contributed by atoms with van der Waals surface area (Å²) in [7, 11) is 3.29. The number of hydrogen-bond donors (Lipinski definition) is 3. The van der Waals surface area contributed by atoms with Crippen LogP contribution in [-0.4, -0.2) is 45.7 Å². The van der Waals surface area contributed by atoms with E-state index in [1.54, 1.807) is 14.2 Å². The third kappa shape index (κ3) is 8.80. The fourth-order valence-corrected chi connectivity index (χ4v) is 1.99. The standard InChI is InChI=1S/C17H28N4O3.HI/c1-5-10-19-16(22)9-11-20-17(18-3)21-13-7-8-14(23-4)15(12-13)24-6-2;/h7-8,12H,5-6,9-11H2,1-4H3,(H,19,22)(H2,18,20,21);1H. The second-order valence-electron chi connectivity index (χ2n) is 5.02. The lowest BCUT2D eigenvalue weighted by molar-refractivity contribution is -0.120. The summed E-state index contributed by atoms with van der Waals surface area (Å²) in [5, 5.41) is 9.12. The Morgan fingerprint density at radius 2 is 1.92 bits per heavy atom. The van der Waals surface area contributed by atoms with Gasteiger partial charge in [0.1, 0.15) is 0 Å². The first kappa shape index (κ1) is 23.3. The molecule has 0 saturated heterocycles. The number of hydrogen-bond acceptors (Lipinski definition) is 4.